The molecule has 0 bridgehead atoms. The Balaban J connectivity index is 1.42. The van der Waals surface area contributed by atoms with E-state index in [1.165, 1.54) is 30.4 Å². The predicted molar refractivity (Wildman–Crippen MR) is 118 cm³/mol. The number of aryl methyl sites for hydroxylation is 1. The number of aromatic nitrogens is 6. The van der Waals surface area contributed by atoms with Crippen molar-refractivity contribution in [3.05, 3.63) is 54.2 Å². The van der Waals surface area contributed by atoms with Crippen LogP contribution in [-0.2, 0) is 17.4 Å². The van der Waals surface area contributed by atoms with Gasteiger partial charge in [-0.25, -0.2) is 23.7 Å². The van der Waals surface area contributed by atoms with E-state index in [-0.39, 0.29) is 29.5 Å². The molecule has 5 heterocycles. The number of hydrogen-bond donors (Lipinski definition) is 2. The van der Waals surface area contributed by atoms with Gasteiger partial charge in [0, 0.05) is 39.3 Å². The highest BCUT2D eigenvalue weighted by atomic mass is 19.3. The summed E-state index contributed by atoms with van der Waals surface area (Å²) in [7, 11) is 3.03. The summed E-state index contributed by atoms with van der Waals surface area (Å²) < 4.78 is 33.1. The van der Waals surface area contributed by atoms with Crippen LogP contribution in [0.5, 0.6) is 0 Å². The minimum atomic E-state index is -2.73. The molecule has 4 aromatic heterocycles. The van der Waals surface area contributed by atoms with E-state index in [1.54, 1.807) is 31.3 Å². The Kier molecular flexibility index (Phi) is 5.47. The van der Waals surface area contributed by atoms with Crippen molar-refractivity contribution in [3.63, 3.8) is 0 Å². The van der Waals surface area contributed by atoms with Crippen LogP contribution < -0.4 is 5.32 Å². The molecule has 0 aromatic carbocycles. The highest BCUT2D eigenvalue weighted by Crippen LogP contribution is 2.35. The molecule has 13 heteroatoms. The zero-order chi connectivity index (χ0) is 24.7. The topological polar surface area (TPSA) is 135 Å². The standard InChI is InChI=1S/C22H20F2N8O3/c1-31-9-7-22(34,20(31)33)17-10-15(30-35-17)13-5-3-4-12(27-13)14-6-8-25-21(28-14)29-16-11-26-32(2)18(16)19(23)24/h3-6,8,10-11,19,34H,7,9H2,1-2H3,(H,25,28,29)/t22-/m1/s1. The highest BCUT2D eigenvalue weighted by molar-refractivity contribution is 5.87. The first kappa shape index (κ1) is 22.5. The summed E-state index contributed by atoms with van der Waals surface area (Å²) in [5.74, 6) is -0.306. The molecular weight excluding hydrogens is 462 g/mol. The van der Waals surface area contributed by atoms with Gasteiger partial charge in [0.25, 0.3) is 12.3 Å². The number of nitrogens with zero attached hydrogens (tertiary/aromatic N) is 7. The van der Waals surface area contributed by atoms with Gasteiger partial charge in [-0.3, -0.25) is 9.48 Å². The number of alkyl halides is 2. The van der Waals surface area contributed by atoms with Crippen molar-refractivity contribution < 1.29 is 23.2 Å². The minimum absolute atomic E-state index is 0.0499. The first-order chi connectivity index (χ1) is 16.8. The zero-order valence-electron chi connectivity index (χ0n) is 18.7. The average molecular weight is 482 g/mol. The van der Waals surface area contributed by atoms with E-state index in [1.807, 2.05) is 0 Å². The van der Waals surface area contributed by atoms with Gasteiger partial charge in [0.2, 0.25) is 11.5 Å². The van der Waals surface area contributed by atoms with Crippen LogP contribution in [0.15, 0.2) is 47.2 Å². The van der Waals surface area contributed by atoms with E-state index in [9.17, 15) is 18.7 Å². The summed E-state index contributed by atoms with van der Waals surface area (Å²) in [4.78, 5) is 26.8. The highest BCUT2D eigenvalue weighted by Gasteiger charge is 2.48. The minimum Gasteiger partial charge on any atom is -0.373 e. The van der Waals surface area contributed by atoms with Crippen LogP contribution in [0.3, 0.4) is 0 Å². The van der Waals surface area contributed by atoms with Gasteiger partial charge in [0.05, 0.1) is 29.0 Å². The lowest BCUT2D eigenvalue weighted by atomic mass is 9.98. The van der Waals surface area contributed by atoms with Gasteiger partial charge in [0.1, 0.15) is 11.4 Å². The lowest BCUT2D eigenvalue weighted by Crippen LogP contribution is -2.35. The summed E-state index contributed by atoms with van der Waals surface area (Å²) in [5, 5.41) is 21.4. The number of nitrogens with one attached hydrogen (secondary N) is 1. The Morgan fingerprint density at radius 3 is 2.60 bits per heavy atom. The van der Waals surface area contributed by atoms with Crippen molar-refractivity contribution in [3.8, 4) is 22.8 Å². The second kappa shape index (κ2) is 8.51. The number of likely N-dealkylation sites (N-methyl/N-ethyl adjacent to an activating group) is 1. The van der Waals surface area contributed by atoms with Gasteiger partial charge in [-0.15, -0.1) is 0 Å². The summed E-state index contributed by atoms with van der Waals surface area (Å²) >= 11 is 0. The molecule has 0 saturated carbocycles. The number of anilines is 2. The summed E-state index contributed by atoms with van der Waals surface area (Å²) in [5.41, 5.74) is -0.276. The van der Waals surface area contributed by atoms with Crippen LogP contribution in [0.1, 0.15) is 24.3 Å². The Morgan fingerprint density at radius 2 is 1.89 bits per heavy atom. The van der Waals surface area contributed by atoms with Gasteiger partial charge < -0.3 is 19.8 Å². The number of aliphatic hydroxyl groups is 1. The van der Waals surface area contributed by atoms with Crippen LogP contribution in [0.25, 0.3) is 22.8 Å². The molecule has 35 heavy (non-hydrogen) atoms. The molecule has 11 nitrogen and oxygen atoms in total. The Bertz CT molecular complexity index is 1400. The maximum atomic E-state index is 13.3. The van der Waals surface area contributed by atoms with Crippen LogP contribution in [-0.4, -0.2) is 59.4 Å². The lowest BCUT2D eigenvalue weighted by molar-refractivity contribution is -0.144. The molecule has 1 aliphatic rings. The lowest BCUT2D eigenvalue weighted by Gasteiger charge is -2.16. The number of amides is 1. The molecule has 0 unspecified atom stereocenters. The number of likely N-dealkylation sites (tertiary alicyclic amines) is 1. The Hall–Kier alpha value is -4.26. The van der Waals surface area contributed by atoms with E-state index in [2.05, 4.69) is 30.5 Å². The Labute approximate surface area is 197 Å². The van der Waals surface area contributed by atoms with Crippen molar-refractivity contribution in [2.45, 2.75) is 18.4 Å². The summed E-state index contributed by atoms with van der Waals surface area (Å²) in [6.07, 6.45) is 0.227. The molecule has 180 valence electrons. The molecule has 1 aliphatic heterocycles. The summed E-state index contributed by atoms with van der Waals surface area (Å²) in [6, 6.07) is 8.26. The molecule has 1 atom stereocenters. The molecule has 0 spiro atoms. The van der Waals surface area contributed by atoms with Crippen molar-refractivity contribution in [1.82, 2.24) is 34.8 Å². The molecular formula is C22H20F2N8O3. The number of rotatable bonds is 6. The molecule has 1 amide bonds. The number of pyridine rings is 1. The normalized spacial score (nSPS) is 18.0. The molecule has 0 radical (unpaired) electrons. The Morgan fingerprint density at radius 1 is 1.14 bits per heavy atom. The van der Waals surface area contributed by atoms with Crippen molar-refractivity contribution >= 4 is 17.5 Å². The molecule has 4 aromatic rings. The van der Waals surface area contributed by atoms with Gasteiger partial charge in [-0.2, -0.15) is 5.10 Å². The zero-order valence-corrected chi connectivity index (χ0v) is 18.7. The third kappa shape index (κ3) is 3.99. The third-order valence-electron chi connectivity index (χ3n) is 5.79. The molecule has 1 fully saturated rings. The van der Waals surface area contributed by atoms with Gasteiger partial charge >= 0.3 is 0 Å². The number of carbonyl (C=O) groups excluding carboxylic acids is 1. The van der Waals surface area contributed by atoms with Crippen LogP contribution in [0, 0.1) is 0 Å². The van der Waals surface area contributed by atoms with E-state index >= 15 is 0 Å². The second-order valence-corrected chi connectivity index (χ2v) is 8.08. The second-order valence-electron chi connectivity index (χ2n) is 8.08. The van der Waals surface area contributed by atoms with Gasteiger partial charge in [0.15, 0.2) is 5.76 Å². The summed E-state index contributed by atoms with van der Waals surface area (Å²) in [6.45, 7) is 0.404. The number of hydrogen-bond acceptors (Lipinski definition) is 9. The number of carbonyl (C=O) groups is 1. The maximum Gasteiger partial charge on any atom is 0.282 e. The quantitative estimate of drug-likeness (QED) is 0.425. The first-order valence-corrected chi connectivity index (χ1v) is 10.6. The molecule has 1 saturated heterocycles. The smallest absolute Gasteiger partial charge is 0.282 e. The largest absolute Gasteiger partial charge is 0.373 e. The van der Waals surface area contributed by atoms with E-state index < -0.39 is 17.9 Å². The van der Waals surface area contributed by atoms with Crippen LogP contribution in [0.4, 0.5) is 20.4 Å². The van der Waals surface area contributed by atoms with E-state index in [0.717, 1.165) is 4.68 Å². The van der Waals surface area contributed by atoms with Gasteiger partial charge in [-0.1, -0.05) is 11.2 Å². The molecule has 5 rings (SSSR count). The number of halogens is 2. The molecule has 0 aliphatic carbocycles. The van der Waals surface area contributed by atoms with Gasteiger partial charge in [-0.05, 0) is 18.2 Å². The fraction of sp³-hybridized carbons (Fsp3) is 0.273. The maximum absolute atomic E-state index is 13.3. The van der Waals surface area contributed by atoms with Crippen LogP contribution >= 0.6 is 0 Å². The first-order valence-electron chi connectivity index (χ1n) is 10.6. The molecule has 2 N–H and O–H groups in total. The van der Waals surface area contributed by atoms with Crippen molar-refractivity contribution in [2.24, 2.45) is 7.05 Å². The fourth-order valence-corrected chi connectivity index (χ4v) is 3.88. The van der Waals surface area contributed by atoms with E-state index in [4.69, 9.17) is 4.52 Å². The van der Waals surface area contributed by atoms with Crippen molar-refractivity contribution in [2.75, 3.05) is 18.9 Å². The average Bonchev–Trinajstić information content (AvgIpc) is 3.55. The monoisotopic (exact) mass is 482 g/mol. The third-order valence-corrected chi connectivity index (χ3v) is 5.79. The van der Waals surface area contributed by atoms with E-state index in [0.29, 0.717) is 29.3 Å². The predicted octanol–water partition coefficient (Wildman–Crippen LogP) is 2.66. The fourth-order valence-electron chi connectivity index (χ4n) is 3.88. The van der Waals surface area contributed by atoms with Crippen LogP contribution in [0.2, 0.25) is 0 Å². The van der Waals surface area contributed by atoms with Crippen molar-refractivity contribution in [1.29, 1.82) is 0 Å². The SMILES string of the molecule is CN1CC[C@@](O)(c2cc(-c3cccc(-c4ccnc(Nc5cnn(C)c5C(F)F)n4)n3)no2)C1=O.